The van der Waals surface area contributed by atoms with Gasteiger partial charge in [-0.25, -0.2) is 15.0 Å². The first-order chi connectivity index (χ1) is 16.9. The van der Waals surface area contributed by atoms with Gasteiger partial charge in [0.2, 0.25) is 11.8 Å². The Morgan fingerprint density at radius 3 is 2.32 bits per heavy atom. The fraction of sp³-hybridized carbons (Fsp3) is 0.600. The zero-order valence-corrected chi connectivity index (χ0v) is 23.8. The molecule has 1 amide bonds. The van der Waals surface area contributed by atoms with Crippen molar-refractivity contribution >= 4 is 65.0 Å². The van der Waals surface area contributed by atoms with Crippen molar-refractivity contribution < 1.29 is 9.63 Å². The van der Waals surface area contributed by atoms with Crippen LogP contribution < -0.4 is 16.0 Å². The van der Waals surface area contributed by atoms with E-state index in [1.54, 1.807) is 13.1 Å². The molecule has 0 radical (unpaired) electrons. The number of hydrogen-bond acceptors (Lipinski definition) is 6. The molecule has 9 nitrogen and oxygen atoms in total. The summed E-state index contributed by atoms with van der Waals surface area (Å²) < 4.78 is 0. The number of carbonyl (C=O) groups excluding carboxylic acids is 1. The lowest BCUT2D eigenvalue weighted by Crippen LogP contribution is -2.52. The number of nitrogens with one attached hydrogen (secondary N) is 4. The second-order valence-electron chi connectivity index (χ2n) is 9.53. The number of rotatable bonds is 6. The molecule has 12 heteroatoms. The van der Waals surface area contributed by atoms with Crippen LogP contribution in [-0.4, -0.2) is 59.2 Å². The lowest BCUT2D eigenvalue weighted by molar-refractivity contribution is -0.0469. The zero-order chi connectivity index (χ0) is 24.8. The van der Waals surface area contributed by atoms with Gasteiger partial charge in [0, 0.05) is 35.6 Å². The van der Waals surface area contributed by atoms with Crippen molar-refractivity contribution in [1.29, 1.82) is 5.41 Å². The molecule has 1 aromatic carbocycles. The maximum Gasteiger partial charge on any atom is 0.289 e. The Hall–Kier alpha value is -2.07. The number of halogens is 3. The Balaban J connectivity index is 0.00000241. The zero-order valence-electron chi connectivity index (χ0n) is 21.4. The van der Waals surface area contributed by atoms with Crippen molar-refractivity contribution in [2.75, 3.05) is 19.5 Å². The van der Waals surface area contributed by atoms with E-state index in [0.29, 0.717) is 16.4 Å². The van der Waals surface area contributed by atoms with E-state index in [4.69, 9.17) is 21.8 Å². The molecule has 1 aromatic heterocycles. The molecule has 2 aromatic rings. The monoisotopic (exact) mass is 573 g/mol. The quantitative estimate of drug-likeness (QED) is 0.160. The molecule has 1 heterocycles. The van der Waals surface area contributed by atoms with E-state index in [9.17, 15) is 4.79 Å². The van der Waals surface area contributed by atoms with Gasteiger partial charge < -0.3 is 16.0 Å². The van der Waals surface area contributed by atoms with Gasteiger partial charge in [0.15, 0.2) is 0 Å². The van der Waals surface area contributed by atoms with Crippen LogP contribution in [0.1, 0.15) is 74.8 Å². The van der Waals surface area contributed by atoms with Crippen LogP contribution in [0.4, 0.5) is 5.82 Å². The van der Waals surface area contributed by atoms with Crippen molar-refractivity contribution in [3.8, 4) is 0 Å². The van der Waals surface area contributed by atoms with E-state index < -0.39 is 0 Å². The van der Waals surface area contributed by atoms with Crippen molar-refractivity contribution in [2.24, 2.45) is 0 Å². The lowest BCUT2D eigenvalue weighted by atomic mass is 9.90. The molecule has 2 fully saturated rings. The number of guanidine groups is 1. The topological polar surface area (TPSA) is 115 Å². The predicted octanol–water partition coefficient (Wildman–Crippen LogP) is 5.32. The van der Waals surface area contributed by atoms with Crippen LogP contribution >= 0.6 is 36.4 Å². The third kappa shape index (κ3) is 8.21. The molecule has 2 atom stereocenters. The second-order valence-corrected chi connectivity index (χ2v) is 9.97. The third-order valence-corrected chi connectivity index (χ3v) is 7.29. The summed E-state index contributed by atoms with van der Waals surface area (Å²) in [6.07, 6.45) is 10.7. The molecule has 0 aliphatic heterocycles. The molecule has 2 saturated carbocycles. The van der Waals surface area contributed by atoms with Gasteiger partial charge in [-0.3, -0.25) is 15.0 Å². The summed E-state index contributed by atoms with van der Waals surface area (Å²) in [5.74, 6) is 0.719. The van der Waals surface area contributed by atoms with E-state index in [-0.39, 0.29) is 60.6 Å². The summed E-state index contributed by atoms with van der Waals surface area (Å²) in [4.78, 5) is 27.5. The SMILES string of the molecule is CON(C)C(=N)N[C@@H]1CCCC[C@@H]1Nc1nc(C(=O)NC2CCCCCC2)nc2ccc(Cl)cc12.Cl.Cl. The van der Waals surface area contributed by atoms with E-state index in [0.717, 1.165) is 56.8 Å². The number of aromatic nitrogens is 2. The van der Waals surface area contributed by atoms with Crippen LogP contribution in [0.5, 0.6) is 0 Å². The maximum absolute atomic E-state index is 13.1. The highest BCUT2D eigenvalue weighted by Gasteiger charge is 2.28. The number of fused-ring (bicyclic) bond motifs is 1. The van der Waals surface area contributed by atoms with Gasteiger partial charge in [0.05, 0.1) is 12.6 Å². The summed E-state index contributed by atoms with van der Waals surface area (Å²) in [6, 6.07) is 5.64. The molecular weight excluding hydrogens is 537 g/mol. The molecule has 0 spiro atoms. The first-order valence-corrected chi connectivity index (χ1v) is 13.0. The summed E-state index contributed by atoms with van der Waals surface area (Å²) in [6.45, 7) is 0. The van der Waals surface area contributed by atoms with Crippen molar-refractivity contribution in [3.63, 3.8) is 0 Å². The summed E-state index contributed by atoms with van der Waals surface area (Å²) in [7, 11) is 3.23. The Labute approximate surface area is 236 Å². The number of nitrogens with zero attached hydrogens (tertiary/aromatic N) is 3. The van der Waals surface area contributed by atoms with Gasteiger partial charge in [0.1, 0.15) is 5.82 Å². The Morgan fingerprint density at radius 2 is 1.65 bits per heavy atom. The lowest BCUT2D eigenvalue weighted by Gasteiger charge is -2.35. The number of carbonyl (C=O) groups is 1. The molecular formula is C25H38Cl3N7O2. The number of amides is 1. The molecule has 2 aliphatic carbocycles. The largest absolute Gasteiger partial charge is 0.365 e. The number of hydroxylamine groups is 2. The van der Waals surface area contributed by atoms with Gasteiger partial charge in [0.25, 0.3) is 5.91 Å². The van der Waals surface area contributed by atoms with Crippen LogP contribution in [0.25, 0.3) is 10.9 Å². The minimum Gasteiger partial charge on any atom is -0.365 e. The van der Waals surface area contributed by atoms with Crippen molar-refractivity contribution in [1.82, 2.24) is 25.7 Å². The number of benzene rings is 1. The Morgan fingerprint density at radius 1 is 1.00 bits per heavy atom. The first kappa shape index (κ1) is 31.1. The van der Waals surface area contributed by atoms with Gasteiger partial charge in [-0.05, 0) is 43.9 Å². The van der Waals surface area contributed by atoms with Gasteiger partial charge in [-0.2, -0.15) is 0 Å². The summed E-state index contributed by atoms with van der Waals surface area (Å²) >= 11 is 6.31. The minimum atomic E-state index is -0.237. The normalized spacial score (nSPS) is 20.1. The van der Waals surface area contributed by atoms with Crippen LogP contribution in [0.15, 0.2) is 18.2 Å². The van der Waals surface area contributed by atoms with Crippen LogP contribution in [0, 0.1) is 5.41 Å². The van der Waals surface area contributed by atoms with Crippen LogP contribution in [-0.2, 0) is 4.84 Å². The smallest absolute Gasteiger partial charge is 0.289 e. The number of anilines is 1. The third-order valence-electron chi connectivity index (χ3n) is 7.05. The average Bonchev–Trinajstić information content (AvgIpc) is 3.13. The van der Waals surface area contributed by atoms with Crippen molar-refractivity contribution in [3.05, 3.63) is 29.0 Å². The van der Waals surface area contributed by atoms with Crippen molar-refractivity contribution in [2.45, 2.75) is 82.3 Å². The van der Waals surface area contributed by atoms with Crippen LogP contribution in [0.3, 0.4) is 0 Å². The molecule has 4 N–H and O–H groups in total. The fourth-order valence-corrected chi connectivity index (χ4v) is 5.17. The molecule has 4 rings (SSSR count). The second kappa shape index (κ2) is 14.8. The average molecular weight is 575 g/mol. The van der Waals surface area contributed by atoms with Gasteiger partial charge >= 0.3 is 0 Å². The minimum absolute atomic E-state index is 0. The Bertz CT molecular complexity index is 1050. The number of hydrogen-bond donors (Lipinski definition) is 4. The van der Waals surface area contributed by atoms with E-state index >= 15 is 0 Å². The molecule has 206 valence electrons. The molecule has 0 unspecified atom stereocenters. The molecule has 2 aliphatic rings. The fourth-order valence-electron chi connectivity index (χ4n) is 5.00. The summed E-state index contributed by atoms with van der Waals surface area (Å²) in [5.41, 5.74) is 0.671. The van der Waals surface area contributed by atoms with Gasteiger partial charge in [-0.15, -0.1) is 24.8 Å². The molecule has 0 bridgehead atoms. The highest BCUT2D eigenvalue weighted by molar-refractivity contribution is 6.31. The van der Waals surface area contributed by atoms with Gasteiger partial charge in [-0.1, -0.05) is 50.1 Å². The summed E-state index contributed by atoms with van der Waals surface area (Å²) in [5, 5.41) is 21.0. The standard InChI is InChI=1S/C25H36ClN7O2.2ClH/c1-33(35-2)25(27)31-21-12-8-7-11-20(21)30-22-18-15-16(26)13-14-19(18)29-23(32-22)24(34)28-17-9-5-3-4-6-10-17;;/h13-15,17,20-21H,3-12H2,1-2H3,(H2,27,31)(H,28,34)(H,29,30,32);2*1H/t20-,21+;;/m0../s1. The Kier molecular flexibility index (Phi) is 12.4. The maximum atomic E-state index is 13.1. The van der Waals surface area contributed by atoms with E-state index in [2.05, 4.69) is 25.9 Å². The highest BCUT2D eigenvalue weighted by Crippen LogP contribution is 2.28. The van der Waals surface area contributed by atoms with E-state index in [1.807, 2.05) is 12.1 Å². The molecule has 0 saturated heterocycles. The molecule has 37 heavy (non-hydrogen) atoms. The highest BCUT2D eigenvalue weighted by atomic mass is 35.5. The predicted molar refractivity (Wildman–Crippen MR) is 153 cm³/mol. The van der Waals surface area contributed by atoms with E-state index in [1.165, 1.54) is 25.0 Å². The first-order valence-electron chi connectivity index (χ1n) is 12.6. The van der Waals surface area contributed by atoms with Crippen LogP contribution in [0.2, 0.25) is 5.02 Å².